The van der Waals surface area contributed by atoms with E-state index in [4.69, 9.17) is 0 Å². The molecule has 2 N–H and O–H groups in total. The van der Waals surface area contributed by atoms with Crippen molar-refractivity contribution in [2.24, 2.45) is 0 Å². The molecule has 2 aromatic rings. The van der Waals surface area contributed by atoms with Gasteiger partial charge in [-0.2, -0.15) is 4.37 Å². The van der Waals surface area contributed by atoms with Crippen molar-refractivity contribution < 1.29 is 13.6 Å². The first kappa shape index (κ1) is 15.4. The highest BCUT2D eigenvalue weighted by molar-refractivity contribution is 7.10. The molecule has 0 bridgehead atoms. The van der Waals surface area contributed by atoms with Crippen LogP contribution in [0.1, 0.15) is 34.6 Å². The first-order valence-electron chi connectivity index (χ1n) is 6.34. The molecule has 0 aliphatic rings. The van der Waals surface area contributed by atoms with E-state index in [1.807, 2.05) is 0 Å². The Bertz CT molecular complexity index is 672. The Morgan fingerprint density at radius 2 is 2.05 bits per heavy atom. The summed E-state index contributed by atoms with van der Waals surface area (Å²) < 4.78 is 30.3. The van der Waals surface area contributed by atoms with Gasteiger partial charge >= 0.3 is 0 Å². The lowest BCUT2D eigenvalue weighted by Gasteiger charge is -2.15. The van der Waals surface area contributed by atoms with Gasteiger partial charge < -0.3 is 10.6 Å². The molecule has 1 aromatic carbocycles. The maximum atomic E-state index is 13.2. The zero-order chi connectivity index (χ0) is 15.6. The molecule has 0 unspecified atom stereocenters. The summed E-state index contributed by atoms with van der Waals surface area (Å²) in [5.74, 6) is -2.15. The molecule has 112 valence electrons. The van der Waals surface area contributed by atoms with Gasteiger partial charge in [0, 0.05) is 7.05 Å². The zero-order valence-electron chi connectivity index (χ0n) is 11.8. The summed E-state index contributed by atoms with van der Waals surface area (Å²) in [5, 5.41) is 6.34. The molecule has 1 aromatic heterocycles. The van der Waals surface area contributed by atoms with Gasteiger partial charge in [-0.05, 0) is 43.1 Å². The highest BCUT2D eigenvalue weighted by atomic mass is 32.1. The second-order valence-electron chi connectivity index (χ2n) is 4.59. The summed E-state index contributed by atoms with van der Waals surface area (Å²) in [7, 11) is 1.71. The first-order valence-corrected chi connectivity index (χ1v) is 7.11. The van der Waals surface area contributed by atoms with Gasteiger partial charge in [-0.15, -0.1) is 0 Å². The van der Waals surface area contributed by atoms with Crippen LogP contribution in [0.4, 0.5) is 13.8 Å². The molecule has 1 amide bonds. The molecular weight excluding hydrogens is 296 g/mol. The first-order chi connectivity index (χ1) is 9.93. The number of carbonyl (C=O) groups is 1. The summed E-state index contributed by atoms with van der Waals surface area (Å²) in [6, 6.07) is 3.12. The van der Waals surface area contributed by atoms with Crippen molar-refractivity contribution in [2.45, 2.75) is 19.9 Å². The fourth-order valence-electron chi connectivity index (χ4n) is 1.94. The molecule has 1 heterocycles. The summed E-state index contributed by atoms with van der Waals surface area (Å²) in [6.07, 6.45) is 0. The summed E-state index contributed by atoms with van der Waals surface area (Å²) in [5.41, 5.74) is 1.59. The van der Waals surface area contributed by atoms with E-state index in [-0.39, 0.29) is 5.91 Å². The summed E-state index contributed by atoms with van der Waals surface area (Å²) >= 11 is 1.20. The Morgan fingerprint density at radius 1 is 1.33 bits per heavy atom. The Hall–Kier alpha value is -2.02. The van der Waals surface area contributed by atoms with E-state index in [0.717, 1.165) is 12.1 Å². The predicted molar refractivity (Wildman–Crippen MR) is 78.6 cm³/mol. The summed E-state index contributed by atoms with van der Waals surface area (Å²) in [6.45, 7) is 3.45. The smallest absolute Gasteiger partial charge is 0.256 e. The molecule has 4 nitrogen and oxygen atoms in total. The van der Waals surface area contributed by atoms with Crippen molar-refractivity contribution in [3.63, 3.8) is 0 Å². The third kappa shape index (κ3) is 3.18. The average molecular weight is 311 g/mol. The normalized spacial score (nSPS) is 12.0. The molecule has 0 aliphatic heterocycles. The average Bonchev–Trinajstić information content (AvgIpc) is 2.82. The van der Waals surface area contributed by atoms with Gasteiger partial charge in [0.05, 0.1) is 17.3 Å². The van der Waals surface area contributed by atoms with Gasteiger partial charge in [0.15, 0.2) is 11.6 Å². The van der Waals surface area contributed by atoms with Crippen LogP contribution in [0.2, 0.25) is 0 Å². The van der Waals surface area contributed by atoms with E-state index in [0.29, 0.717) is 21.8 Å². The minimum absolute atomic E-state index is 0.303. The molecule has 0 radical (unpaired) electrons. The van der Waals surface area contributed by atoms with Crippen LogP contribution in [-0.2, 0) is 0 Å². The van der Waals surface area contributed by atoms with Crippen molar-refractivity contribution in [3.8, 4) is 0 Å². The van der Waals surface area contributed by atoms with Crippen LogP contribution < -0.4 is 10.6 Å². The van der Waals surface area contributed by atoms with Gasteiger partial charge in [0.25, 0.3) is 5.91 Å². The number of benzene rings is 1. The van der Waals surface area contributed by atoms with E-state index in [1.165, 1.54) is 17.6 Å². The summed E-state index contributed by atoms with van der Waals surface area (Å²) in [4.78, 5) is 12.3. The van der Waals surface area contributed by atoms with Gasteiger partial charge in [-0.1, -0.05) is 6.07 Å². The van der Waals surface area contributed by atoms with Crippen LogP contribution >= 0.6 is 11.5 Å². The van der Waals surface area contributed by atoms with E-state index in [9.17, 15) is 13.6 Å². The fourth-order valence-corrected chi connectivity index (χ4v) is 2.68. The lowest BCUT2D eigenvalue weighted by atomic mass is 10.1. The van der Waals surface area contributed by atoms with Crippen LogP contribution in [0.5, 0.6) is 0 Å². The lowest BCUT2D eigenvalue weighted by Crippen LogP contribution is -2.27. The van der Waals surface area contributed by atoms with E-state index < -0.39 is 17.7 Å². The SMILES string of the molecule is CNc1snc(C)c1C(=O)N[C@@H](C)c1ccc(F)c(F)c1. The largest absolute Gasteiger partial charge is 0.378 e. The molecule has 0 fully saturated rings. The Balaban J connectivity index is 2.18. The van der Waals surface area contributed by atoms with E-state index in [2.05, 4.69) is 15.0 Å². The Morgan fingerprint density at radius 3 is 2.67 bits per heavy atom. The molecular formula is C14H15F2N3OS. The van der Waals surface area contributed by atoms with E-state index in [1.54, 1.807) is 20.9 Å². The highest BCUT2D eigenvalue weighted by Gasteiger charge is 2.20. The molecule has 0 saturated heterocycles. The Labute approximate surface area is 125 Å². The van der Waals surface area contributed by atoms with Gasteiger partial charge in [-0.25, -0.2) is 8.78 Å². The van der Waals surface area contributed by atoms with Crippen LogP contribution in [-0.4, -0.2) is 17.3 Å². The third-order valence-corrected chi connectivity index (χ3v) is 4.06. The number of carbonyl (C=O) groups excluding carboxylic acids is 1. The Kier molecular flexibility index (Phi) is 4.52. The number of nitrogens with one attached hydrogen (secondary N) is 2. The minimum Gasteiger partial charge on any atom is -0.378 e. The van der Waals surface area contributed by atoms with Crippen molar-refractivity contribution in [1.29, 1.82) is 0 Å². The number of aryl methyl sites for hydroxylation is 1. The molecule has 21 heavy (non-hydrogen) atoms. The van der Waals surface area contributed by atoms with Crippen molar-refractivity contribution >= 4 is 22.4 Å². The maximum Gasteiger partial charge on any atom is 0.256 e. The van der Waals surface area contributed by atoms with Crippen molar-refractivity contribution in [3.05, 3.63) is 46.7 Å². The zero-order valence-corrected chi connectivity index (χ0v) is 12.6. The quantitative estimate of drug-likeness (QED) is 0.911. The number of hydrogen-bond acceptors (Lipinski definition) is 4. The maximum absolute atomic E-state index is 13.2. The monoisotopic (exact) mass is 311 g/mol. The number of aromatic nitrogens is 1. The molecule has 0 saturated carbocycles. The standard InChI is InChI=1S/C14H15F2N3OS/c1-7(9-4-5-10(15)11(16)6-9)18-13(20)12-8(2)19-21-14(12)17-3/h4-7,17H,1-3H3,(H,18,20)/t7-/m0/s1. The van der Waals surface area contributed by atoms with Gasteiger partial charge in [-0.3, -0.25) is 4.79 Å². The number of rotatable bonds is 4. The minimum atomic E-state index is -0.933. The van der Waals surface area contributed by atoms with Crippen molar-refractivity contribution in [1.82, 2.24) is 9.69 Å². The molecule has 0 aliphatic carbocycles. The van der Waals surface area contributed by atoms with Gasteiger partial charge in [0.1, 0.15) is 5.00 Å². The molecule has 2 rings (SSSR count). The molecule has 1 atom stereocenters. The van der Waals surface area contributed by atoms with Crippen LogP contribution in [0.15, 0.2) is 18.2 Å². The number of hydrogen-bond donors (Lipinski definition) is 2. The van der Waals surface area contributed by atoms with Crippen molar-refractivity contribution in [2.75, 3.05) is 12.4 Å². The highest BCUT2D eigenvalue weighted by Crippen LogP contribution is 2.25. The number of amides is 1. The fraction of sp³-hybridized carbons (Fsp3) is 0.286. The lowest BCUT2D eigenvalue weighted by molar-refractivity contribution is 0.0940. The topological polar surface area (TPSA) is 54.0 Å². The van der Waals surface area contributed by atoms with Gasteiger partial charge in [0.2, 0.25) is 0 Å². The third-order valence-electron chi connectivity index (χ3n) is 3.11. The van der Waals surface area contributed by atoms with E-state index >= 15 is 0 Å². The number of nitrogens with zero attached hydrogens (tertiary/aromatic N) is 1. The number of halogens is 2. The second kappa shape index (κ2) is 6.17. The molecule has 0 spiro atoms. The second-order valence-corrected chi connectivity index (χ2v) is 5.36. The predicted octanol–water partition coefficient (Wildman–Crippen LogP) is 3.26. The van der Waals surface area contributed by atoms with Crippen LogP contribution in [0.3, 0.4) is 0 Å². The number of anilines is 1. The molecule has 7 heteroatoms. The van der Waals surface area contributed by atoms with Crippen LogP contribution in [0.25, 0.3) is 0 Å². The van der Waals surface area contributed by atoms with Crippen LogP contribution in [0, 0.1) is 18.6 Å².